The zero-order valence-corrected chi connectivity index (χ0v) is 12.9. The number of benzene rings is 1. The van der Waals surface area contributed by atoms with Crippen molar-refractivity contribution < 1.29 is 9.90 Å². The van der Waals surface area contributed by atoms with Crippen LogP contribution in [-0.4, -0.2) is 31.2 Å². The fourth-order valence-corrected chi connectivity index (χ4v) is 3.00. The molecule has 2 rings (SSSR count). The van der Waals surface area contributed by atoms with Gasteiger partial charge in [0, 0.05) is 20.1 Å². The number of nitrogens with zero attached hydrogens (tertiary/aromatic N) is 1. The molecule has 0 bridgehead atoms. The van der Waals surface area contributed by atoms with Gasteiger partial charge in [-0.2, -0.15) is 0 Å². The predicted octanol–water partition coefficient (Wildman–Crippen LogP) is 2.36. The molecular weight excluding hydrogens is 276 g/mol. The number of aliphatic hydroxyl groups is 1. The van der Waals surface area contributed by atoms with Crippen molar-refractivity contribution in [2.45, 2.75) is 26.4 Å². The summed E-state index contributed by atoms with van der Waals surface area (Å²) in [7, 11) is 1.67. The third-order valence-corrected chi connectivity index (χ3v) is 4.35. The number of amides is 1. The molecule has 0 radical (unpaired) electrons. The molecule has 1 fully saturated rings. The first-order valence-electron chi connectivity index (χ1n) is 6.82. The quantitative estimate of drug-likeness (QED) is 0.900. The van der Waals surface area contributed by atoms with Gasteiger partial charge in [0.1, 0.15) is 0 Å². The molecule has 0 spiro atoms. The SMILES string of the molecule is CNC(=O)C1(C)CCN(c2ccc([C@H](C)O)cc2Cl)C1. The van der Waals surface area contributed by atoms with Crippen LogP contribution in [0, 0.1) is 5.41 Å². The first kappa shape index (κ1) is 15.1. The number of carbonyl (C=O) groups excluding carboxylic acids is 1. The smallest absolute Gasteiger partial charge is 0.227 e. The van der Waals surface area contributed by atoms with Crippen molar-refractivity contribution in [3.8, 4) is 0 Å². The van der Waals surface area contributed by atoms with E-state index < -0.39 is 6.10 Å². The molecule has 110 valence electrons. The molecule has 1 amide bonds. The lowest BCUT2D eigenvalue weighted by atomic mass is 9.89. The number of aliphatic hydroxyl groups excluding tert-OH is 1. The fourth-order valence-electron chi connectivity index (χ4n) is 2.69. The van der Waals surface area contributed by atoms with Gasteiger partial charge >= 0.3 is 0 Å². The number of halogens is 1. The van der Waals surface area contributed by atoms with Crippen LogP contribution in [0.4, 0.5) is 5.69 Å². The number of anilines is 1. The fraction of sp³-hybridized carbons (Fsp3) is 0.533. The van der Waals surface area contributed by atoms with Crippen LogP contribution < -0.4 is 10.2 Å². The normalized spacial score (nSPS) is 23.8. The van der Waals surface area contributed by atoms with Gasteiger partial charge in [0.05, 0.1) is 22.2 Å². The summed E-state index contributed by atoms with van der Waals surface area (Å²) in [6.07, 6.45) is 0.275. The molecule has 0 saturated carbocycles. The first-order chi connectivity index (χ1) is 9.37. The molecule has 1 aliphatic rings. The van der Waals surface area contributed by atoms with E-state index in [1.165, 1.54) is 0 Å². The lowest BCUT2D eigenvalue weighted by Crippen LogP contribution is -2.39. The van der Waals surface area contributed by atoms with E-state index in [-0.39, 0.29) is 11.3 Å². The minimum absolute atomic E-state index is 0.0664. The monoisotopic (exact) mass is 296 g/mol. The van der Waals surface area contributed by atoms with Crippen molar-refractivity contribution >= 4 is 23.2 Å². The van der Waals surface area contributed by atoms with E-state index in [2.05, 4.69) is 10.2 Å². The zero-order chi connectivity index (χ0) is 14.9. The molecule has 2 N–H and O–H groups in total. The maximum absolute atomic E-state index is 11.9. The lowest BCUT2D eigenvalue weighted by Gasteiger charge is -2.25. The highest BCUT2D eigenvalue weighted by Gasteiger charge is 2.40. The molecule has 0 aliphatic carbocycles. The Hall–Kier alpha value is -1.26. The van der Waals surface area contributed by atoms with Crippen molar-refractivity contribution in [2.24, 2.45) is 5.41 Å². The van der Waals surface area contributed by atoms with Gasteiger partial charge in [0.25, 0.3) is 0 Å². The molecule has 1 aromatic carbocycles. The summed E-state index contributed by atoms with van der Waals surface area (Å²) in [5.41, 5.74) is 1.34. The molecule has 2 atom stereocenters. The average molecular weight is 297 g/mol. The molecule has 1 heterocycles. The topological polar surface area (TPSA) is 52.6 Å². The summed E-state index contributed by atoms with van der Waals surface area (Å²) in [6, 6.07) is 5.58. The highest BCUT2D eigenvalue weighted by atomic mass is 35.5. The second-order valence-electron chi connectivity index (χ2n) is 5.70. The Morgan fingerprint density at radius 1 is 1.55 bits per heavy atom. The minimum Gasteiger partial charge on any atom is -0.389 e. The summed E-state index contributed by atoms with van der Waals surface area (Å²) in [4.78, 5) is 14.1. The van der Waals surface area contributed by atoms with Gasteiger partial charge in [0.15, 0.2) is 0 Å². The van der Waals surface area contributed by atoms with E-state index in [0.29, 0.717) is 11.6 Å². The van der Waals surface area contributed by atoms with Gasteiger partial charge in [-0.1, -0.05) is 17.7 Å². The molecule has 20 heavy (non-hydrogen) atoms. The van der Waals surface area contributed by atoms with E-state index in [0.717, 1.165) is 24.2 Å². The summed E-state index contributed by atoms with van der Waals surface area (Å²) in [6.45, 7) is 5.14. The Morgan fingerprint density at radius 3 is 2.80 bits per heavy atom. The molecule has 1 unspecified atom stereocenters. The van der Waals surface area contributed by atoms with Crippen LogP contribution >= 0.6 is 11.6 Å². The summed E-state index contributed by atoms with van der Waals surface area (Å²) >= 11 is 6.31. The summed E-state index contributed by atoms with van der Waals surface area (Å²) in [5.74, 6) is 0.0664. The number of nitrogens with one attached hydrogen (secondary N) is 1. The number of carbonyl (C=O) groups is 1. The van der Waals surface area contributed by atoms with E-state index in [1.807, 2.05) is 19.1 Å². The lowest BCUT2D eigenvalue weighted by molar-refractivity contribution is -0.128. The van der Waals surface area contributed by atoms with Crippen molar-refractivity contribution in [1.29, 1.82) is 0 Å². The van der Waals surface area contributed by atoms with Crippen LogP contribution in [0.3, 0.4) is 0 Å². The maximum Gasteiger partial charge on any atom is 0.227 e. The Bertz CT molecular complexity index is 519. The van der Waals surface area contributed by atoms with E-state index in [9.17, 15) is 9.90 Å². The predicted molar refractivity (Wildman–Crippen MR) is 81.1 cm³/mol. The third-order valence-electron chi connectivity index (χ3n) is 4.04. The Kier molecular flexibility index (Phi) is 4.25. The van der Waals surface area contributed by atoms with Crippen LogP contribution in [0.1, 0.15) is 31.9 Å². The molecule has 5 heteroatoms. The summed E-state index contributed by atoms with van der Waals surface area (Å²) < 4.78 is 0. The number of hydrogen-bond acceptors (Lipinski definition) is 3. The van der Waals surface area contributed by atoms with Gasteiger partial charge in [-0.15, -0.1) is 0 Å². The van der Waals surface area contributed by atoms with Gasteiger partial charge in [0.2, 0.25) is 5.91 Å². The zero-order valence-electron chi connectivity index (χ0n) is 12.1. The van der Waals surface area contributed by atoms with E-state index in [1.54, 1.807) is 20.0 Å². The minimum atomic E-state index is -0.531. The van der Waals surface area contributed by atoms with Gasteiger partial charge in [-0.25, -0.2) is 0 Å². The van der Waals surface area contributed by atoms with Gasteiger partial charge in [-0.3, -0.25) is 4.79 Å². The highest BCUT2D eigenvalue weighted by molar-refractivity contribution is 6.33. The Labute approximate surface area is 124 Å². The standard InChI is InChI=1S/C15H21ClN2O2/c1-10(19)11-4-5-13(12(16)8-11)18-7-6-15(2,9-18)14(20)17-3/h4-5,8,10,19H,6-7,9H2,1-3H3,(H,17,20)/t10-,15?/m0/s1. The Balaban J connectivity index is 2.20. The van der Waals surface area contributed by atoms with Crippen LogP contribution in [0.15, 0.2) is 18.2 Å². The number of hydrogen-bond donors (Lipinski definition) is 2. The molecule has 1 saturated heterocycles. The molecule has 4 nitrogen and oxygen atoms in total. The molecule has 0 aromatic heterocycles. The van der Waals surface area contributed by atoms with Crippen molar-refractivity contribution in [1.82, 2.24) is 5.32 Å². The second kappa shape index (κ2) is 5.62. The molecule has 1 aliphatic heterocycles. The number of rotatable bonds is 3. The maximum atomic E-state index is 11.9. The van der Waals surface area contributed by atoms with E-state index >= 15 is 0 Å². The van der Waals surface area contributed by atoms with Gasteiger partial charge in [-0.05, 0) is 38.0 Å². The van der Waals surface area contributed by atoms with Crippen LogP contribution in [-0.2, 0) is 4.79 Å². The molecule has 1 aromatic rings. The van der Waals surface area contributed by atoms with Gasteiger partial charge < -0.3 is 15.3 Å². The van der Waals surface area contributed by atoms with Crippen LogP contribution in [0.2, 0.25) is 5.02 Å². The van der Waals surface area contributed by atoms with Crippen LogP contribution in [0.5, 0.6) is 0 Å². The van der Waals surface area contributed by atoms with Crippen molar-refractivity contribution in [2.75, 3.05) is 25.0 Å². The largest absolute Gasteiger partial charge is 0.389 e. The Morgan fingerprint density at radius 2 is 2.25 bits per heavy atom. The van der Waals surface area contributed by atoms with Crippen molar-refractivity contribution in [3.63, 3.8) is 0 Å². The van der Waals surface area contributed by atoms with Crippen molar-refractivity contribution in [3.05, 3.63) is 28.8 Å². The van der Waals surface area contributed by atoms with Crippen LogP contribution in [0.25, 0.3) is 0 Å². The van der Waals surface area contributed by atoms with E-state index in [4.69, 9.17) is 11.6 Å². The summed E-state index contributed by atoms with van der Waals surface area (Å²) in [5, 5.41) is 12.9. The average Bonchev–Trinajstić information content (AvgIpc) is 2.81. The highest BCUT2D eigenvalue weighted by Crippen LogP contribution is 2.37. The molecular formula is C15H21ClN2O2. The first-order valence-corrected chi connectivity index (χ1v) is 7.20. The third kappa shape index (κ3) is 2.76. The second-order valence-corrected chi connectivity index (χ2v) is 6.11.